The molecule has 1 spiro atoms. The topological polar surface area (TPSA) is 57.2 Å². The zero-order chi connectivity index (χ0) is 24.0. The highest BCUT2D eigenvalue weighted by atomic mass is 16.6. The average Bonchev–Trinajstić information content (AvgIpc) is 2.69. The first-order valence-corrected chi connectivity index (χ1v) is 12.4. The summed E-state index contributed by atoms with van der Waals surface area (Å²) >= 11 is 0. The van der Waals surface area contributed by atoms with Gasteiger partial charge in [-0.05, 0) is 65.0 Å². The van der Waals surface area contributed by atoms with Crippen LogP contribution in [-0.4, -0.2) is 49.0 Å². The highest BCUT2D eigenvalue weighted by molar-refractivity contribution is 5.69. The second kappa shape index (κ2) is 8.68. The second-order valence-corrected chi connectivity index (χ2v) is 12.0. The van der Waals surface area contributed by atoms with Crippen LogP contribution in [0.15, 0.2) is 18.2 Å². The van der Waals surface area contributed by atoms with Crippen LogP contribution in [0.1, 0.15) is 78.9 Å². The lowest BCUT2D eigenvalue weighted by atomic mass is 9.63. The number of carbonyl (C=O) groups is 1. The van der Waals surface area contributed by atoms with E-state index in [1.165, 1.54) is 6.42 Å². The van der Waals surface area contributed by atoms with Crippen LogP contribution in [0.5, 0.6) is 11.5 Å². The second-order valence-electron chi connectivity index (χ2n) is 12.0. The van der Waals surface area contributed by atoms with Gasteiger partial charge in [-0.2, -0.15) is 0 Å². The van der Waals surface area contributed by atoms with Crippen LogP contribution in [0.4, 0.5) is 4.79 Å². The van der Waals surface area contributed by atoms with Gasteiger partial charge in [0.2, 0.25) is 0 Å². The van der Waals surface area contributed by atoms with E-state index in [1.807, 2.05) is 37.8 Å². The van der Waals surface area contributed by atoms with E-state index < -0.39 is 5.60 Å². The maximum absolute atomic E-state index is 12.5. The number of carbonyl (C=O) groups excluding carboxylic acids is 1. The third-order valence-corrected chi connectivity index (χ3v) is 7.40. The van der Waals surface area contributed by atoms with E-state index in [4.69, 9.17) is 18.9 Å². The van der Waals surface area contributed by atoms with E-state index in [-0.39, 0.29) is 29.1 Å². The molecule has 33 heavy (non-hydrogen) atoms. The third kappa shape index (κ3) is 4.96. The van der Waals surface area contributed by atoms with Crippen molar-refractivity contribution in [2.24, 2.45) is 17.3 Å². The Bertz CT molecular complexity index is 870. The summed E-state index contributed by atoms with van der Waals surface area (Å²) in [6.45, 7) is 14.5. The number of hydrogen-bond donors (Lipinski definition) is 0. The highest BCUT2D eigenvalue weighted by Gasteiger charge is 2.58. The monoisotopic (exact) mass is 459 g/mol. The number of nitrogens with zero attached hydrogens (tertiary/aromatic N) is 1. The number of methoxy groups -OCH3 is 1. The number of fused-ring (bicyclic) bond motifs is 3. The number of benzene rings is 1. The fraction of sp³-hybridized carbons (Fsp3) is 0.741. The first-order valence-electron chi connectivity index (χ1n) is 12.4. The van der Waals surface area contributed by atoms with Crippen molar-refractivity contribution in [3.8, 4) is 11.5 Å². The van der Waals surface area contributed by atoms with Crippen LogP contribution in [0.2, 0.25) is 0 Å². The van der Waals surface area contributed by atoms with Crippen LogP contribution in [0, 0.1) is 17.3 Å². The number of ether oxygens (including phenoxy) is 4. The van der Waals surface area contributed by atoms with Crippen molar-refractivity contribution >= 4 is 6.09 Å². The SMILES string of the molecule is COc1ccc2c(c1)O[C@@](C)(CCCC(C)C)[C@H]1CC3(CO[C@H]21)CN(C(=O)OC(C)(C)C)C3. The number of rotatable bonds is 5. The summed E-state index contributed by atoms with van der Waals surface area (Å²) in [6.07, 6.45) is 4.05. The van der Waals surface area contributed by atoms with Crippen LogP contribution < -0.4 is 9.47 Å². The Balaban J connectivity index is 1.54. The molecule has 6 heteroatoms. The first kappa shape index (κ1) is 24.2. The van der Waals surface area contributed by atoms with Gasteiger partial charge < -0.3 is 23.8 Å². The standard InChI is InChI=1S/C27H41NO5/c1-18(2)9-8-12-26(6)21-14-27(15-28(16-27)24(29)33-25(3,4)5)17-31-23(21)20-11-10-19(30-7)13-22(20)32-26/h10-11,13,18,21,23H,8-9,12,14-17H2,1-7H3/t21-,23+,26-/m0/s1. The highest BCUT2D eigenvalue weighted by Crippen LogP contribution is 2.56. The normalized spacial score (nSPS) is 27.9. The molecule has 2 fully saturated rings. The van der Waals surface area contributed by atoms with Gasteiger partial charge >= 0.3 is 6.09 Å². The minimum Gasteiger partial charge on any atom is -0.497 e. The van der Waals surface area contributed by atoms with Gasteiger partial charge in [-0.3, -0.25) is 0 Å². The van der Waals surface area contributed by atoms with Crippen molar-refractivity contribution in [1.29, 1.82) is 0 Å². The Kier molecular flexibility index (Phi) is 6.36. The molecular formula is C27H41NO5. The third-order valence-electron chi connectivity index (χ3n) is 7.40. The predicted octanol–water partition coefficient (Wildman–Crippen LogP) is 5.99. The largest absolute Gasteiger partial charge is 0.497 e. The van der Waals surface area contributed by atoms with Crippen molar-refractivity contribution in [3.05, 3.63) is 23.8 Å². The van der Waals surface area contributed by atoms with Crippen LogP contribution in [-0.2, 0) is 9.47 Å². The zero-order valence-electron chi connectivity index (χ0n) is 21.4. The van der Waals surface area contributed by atoms with Gasteiger partial charge in [-0.1, -0.05) is 20.3 Å². The minimum absolute atomic E-state index is 0.00454. The lowest BCUT2D eigenvalue weighted by Crippen LogP contribution is -2.65. The molecule has 184 valence electrons. The molecule has 0 saturated carbocycles. The van der Waals surface area contributed by atoms with E-state index in [2.05, 4.69) is 26.8 Å². The molecule has 4 rings (SSSR count). The molecule has 0 aliphatic carbocycles. The molecule has 0 unspecified atom stereocenters. The van der Waals surface area contributed by atoms with E-state index in [0.717, 1.165) is 36.3 Å². The molecule has 3 atom stereocenters. The van der Waals surface area contributed by atoms with E-state index >= 15 is 0 Å². The van der Waals surface area contributed by atoms with Crippen molar-refractivity contribution in [2.75, 3.05) is 26.8 Å². The van der Waals surface area contributed by atoms with Crippen molar-refractivity contribution < 1.29 is 23.7 Å². The van der Waals surface area contributed by atoms with Gasteiger partial charge in [0, 0.05) is 36.1 Å². The van der Waals surface area contributed by atoms with E-state index in [0.29, 0.717) is 25.6 Å². The molecule has 1 aromatic rings. The number of likely N-dealkylation sites (tertiary alicyclic amines) is 1. The summed E-state index contributed by atoms with van der Waals surface area (Å²) in [5.41, 5.74) is 0.286. The fourth-order valence-electron chi connectivity index (χ4n) is 5.69. The molecule has 0 radical (unpaired) electrons. The summed E-state index contributed by atoms with van der Waals surface area (Å²) in [5.74, 6) is 2.59. The Morgan fingerprint density at radius 3 is 2.64 bits per heavy atom. The molecule has 1 aromatic carbocycles. The molecule has 1 amide bonds. The summed E-state index contributed by atoms with van der Waals surface area (Å²) in [5, 5.41) is 0. The van der Waals surface area contributed by atoms with Crippen LogP contribution >= 0.6 is 0 Å². The van der Waals surface area contributed by atoms with Gasteiger partial charge in [0.15, 0.2) is 0 Å². The van der Waals surface area contributed by atoms with Gasteiger partial charge in [-0.15, -0.1) is 0 Å². The molecule has 0 aromatic heterocycles. The molecule has 2 saturated heterocycles. The Labute approximate surface area is 198 Å². The van der Waals surface area contributed by atoms with Crippen LogP contribution in [0.25, 0.3) is 0 Å². The van der Waals surface area contributed by atoms with Crippen molar-refractivity contribution in [3.63, 3.8) is 0 Å². The smallest absolute Gasteiger partial charge is 0.410 e. The maximum atomic E-state index is 12.5. The first-order chi connectivity index (χ1) is 15.4. The number of hydrogen-bond acceptors (Lipinski definition) is 5. The quantitative estimate of drug-likeness (QED) is 0.541. The zero-order valence-corrected chi connectivity index (χ0v) is 21.4. The van der Waals surface area contributed by atoms with Gasteiger partial charge in [-0.25, -0.2) is 4.79 Å². The Hall–Kier alpha value is -1.95. The lowest BCUT2D eigenvalue weighted by molar-refractivity contribution is -0.200. The summed E-state index contributed by atoms with van der Waals surface area (Å²) in [6, 6.07) is 6.07. The van der Waals surface area contributed by atoms with Gasteiger partial charge in [0.1, 0.15) is 22.7 Å². The van der Waals surface area contributed by atoms with Crippen molar-refractivity contribution in [2.45, 2.75) is 84.5 Å². The Morgan fingerprint density at radius 2 is 2.00 bits per heavy atom. The molecule has 6 nitrogen and oxygen atoms in total. The summed E-state index contributed by atoms with van der Waals surface area (Å²) < 4.78 is 24.4. The molecule has 3 heterocycles. The molecule has 0 bridgehead atoms. The lowest BCUT2D eigenvalue weighted by Gasteiger charge is -2.58. The Morgan fingerprint density at radius 1 is 1.27 bits per heavy atom. The van der Waals surface area contributed by atoms with Gasteiger partial charge in [0.05, 0.1) is 19.8 Å². The van der Waals surface area contributed by atoms with Crippen molar-refractivity contribution in [1.82, 2.24) is 4.90 Å². The predicted molar refractivity (Wildman–Crippen MR) is 128 cm³/mol. The van der Waals surface area contributed by atoms with Gasteiger partial charge in [0.25, 0.3) is 0 Å². The molecular weight excluding hydrogens is 418 g/mol. The van der Waals surface area contributed by atoms with E-state index in [1.54, 1.807) is 7.11 Å². The molecule has 3 aliphatic rings. The number of amides is 1. The average molecular weight is 460 g/mol. The fourth-order valence-corrected chi connectivity index (χ4v) is 5.69. The summed E-state index contributed by atoms with van der Waals surface area (Å²) in [7, 11) is 1.68. The maximum Gasteiger partial charge on any atom is 0.410 e. The van der Waals surface area contributed by atoms with E-state index in [9.17, 15) is 4.79 Å². The minimum atomic E-state index is -0.481. The van der Waals surface area contributed by atoms with Crippen LogP contribution in [0.3, 0.4) is 0 Å². The summed E-state index contributed by atoms with van der Waals surface area (Å²) in [4.78, 5) is 14.3. The molecule has 3 aliphatic heterocycles. The molecule has 0 N–H and O–H groups in total.